The van der Waals surface area contributed by atoms with E-state index in [9.17, 15) is 37.5 Å². The number of nitrogens with one attached hydrogen (secondary N) is 3. The monoisotopic (exact) mass is 465 g/mol. The number of rotatable bonds is 12. The number of aliphatic hydroxyl groups excluding tert-OH is 1. The molecule has 4 N–H and O–H groups in total. The number of halogens is 3. The van der Waals surface area contributed by atoms with Crippen molar-refractivity contribution in [2.75, 3.05) is 13.2 Å². The van der Waals surface area contributed by atoms with Crippen molar-refractivity contribution in [3.63, 3.8) is 0 Å². The molecule has 0 spiro atoms. The third-order valence-electron chi connectivity index (χ3n) is 5.89. The van der Waals surface area contributed by atoms with Crippen LogP contribution < -0.4 is 16.0 Å². The molecule has 1 aliphatic carbocycles. The van der Waals surface area contributed by atoms with Crippen molar-refractivity contribution in [1.82, 2.24) is 16.0 Å². The van der Waals surface area contributed by atoms with E-state index in [1.807, 2.05) is 6.92 Å². The van der Waals surface area contributed by atoms with Gasteiger partial charge in [0.15, 0.2) is 5.78 Å². The summed E-state index contributed by atoms with van der Waals surface area (Å²) in [5, 5.41) is 17.2. The number of alkyl halides is 3. The summed E-state index contributed by atoms with van der Waals surface area (Å²) in [4.78, 5) is 49.4. The zero-order valence-corrected chi connectivity index (χ0v) is 18.1. The molecule has 9 nitrogen and oxygen atoms in total. The number of Topliss-reactive ketones (excluding diaryl/α,β-unsaturated/α-hetero) is 1. The summed E-state index contributed by atoms with van der Waals surface area (Å²) in [6, 6.07) is -2.49. The standard InChI is InChI=1S/C20H30F3N3O6/c1-3-14(27)18(31)26-13(9-19(2)5-6-19)17(30)25-12(8-11-4-7-24-16(11)29)15(28)10-32-20(21,22)23/h11-14,27H,3-10H2,1-2H3,(H,24,29)(H,25,30)(H,26,31)/t11-,12-,13?,14+/m0/s1. The molecule has 0 aromatic heterocycles. The van der Waals surface area contributed by atoms with Gasteiger partial charge in [-0.05, 0) is 43.9 Å². The maximum Gasteiger partial charge on any atom is 0.522 e. The van der Waals surface area contributed by atoms with Crippen LogP contribution >= 0.6 is 0 Å². The minimum absolute atomic E-state index is 0.129. The Morgan fingerprint density at radius 1 is 1.22 bits per heavy atom. The van der Waals surface area contributed by atoms with Gasteiger partial charge in [-0.1, -0.05) is 13.8 Å². The Morgan fingerprint density at radius 3 is 2.34 bits per heavy atom. The average Bonchev–Trinajstić information content (AvgIpc) is 3.31. The largest absolute Gasteiger partial charge is 0.522 e. The van der Waals surface area contributed by atoms with Gasteiger partial charge >= 0.3 is 6.36 Å². The molecule has 12 heteroatoms. The lowest BCUT2D eigenvalue weighted by molar-refractivity contribution is -0.321. The third-order valence-corrected chi connectivity index (χ3v) is 5.89. The molecule has 2 aliphatic rings. The topological polar surface area (TPSA) is 134 Å². The molecule has 32 heavy (non-hydrogen) atoms. The van der Waals surface area contributed by atoms with Crippen LogP contribution in [-0.4, -0.2) is 66.3 Å². The number of hydrogen-bond acceptors (Lipinski definition) is 6. The second-order valence-electron chi connectivity index (χ2n) is 8.77. The first-order chi connectivity index (χ1) is 14.8. The van der Waals surface area contributed by atoms with E-state index in [4.69, 9.17) is 0 Å². The number of carbonyl (C=O) groups excluding carboxylic acids is 4. The van der Waals surface area contributed by atoms with Crippen molar-refractivity contribution in [3.05, 3.63) is 0 Å². The van der Waals surface area contributed by atoms with Crippen LogP contribution in [0.15, 0.2) is 0 Å². The Labute approximate surface area is 183 Å². The van der Waals surface area contributed by atoms with E-state index in [1.165, 1.54) is 0 Å². The maximum absolute atomic E-state index is 12.9. The summed E-state index contributed by atoms with van der Waals surface area (Å²) in [7, 11) is 0. The van der Waals surface area contributed by atoms with E-state index in [0.717, 1.165) is 12.8 Å². The molecule has 0 aromatic carbocycles. The molecule has 4 atom stereocenters. The quantitative estimate of drug-likeness (QED) is 0.333. The summed E-state index contributed by atoms with van der Waals surface area (Å²) in [6.45, 7) is 2.55. The molecule has 1 unspecified atom stereocenters. The van der Waals surface area contributed by atoms with Crippen LogP contribution in [0.25, 0.3) is 0 Å². The zero-order valence-electron chi connectivity index (χ0n) is 18.1. The van der Waals surface area contributed by atoms with Crippen molar-refractivity contribution >= 4 is 23.5 Å². The van der Waals surface area contributed by atoms with Gasteiger partial charge in [-0.3, -0.25) is 23.9 Å². The highest BCUT2D eigenvalue weighted by atomic mass is 19.4. The van der Waals surface area contributed by atoms with Crippen molar-refractivity contribution in [3.8, 4) is 0 Å². The number of carbonyl (C=O) groups is 4. The highest BCUT2D eigenvalue weighted by Crippen LogP contribution is 2.48. The number of ketones is 1. The number of hydrogen-bond donors (Lipinski definition) is 4. The van der Waals surface area contributed by atoms with Crippen LogP contribution in [0.4, 0.5) is 13.2 Å². The fourth-order valence-corrected chi connectivity index (χ4v) is 3.52. The minimum atomic E-state index is -5.03. The normalized spacial score (nSPS) is 22.4. The highest BCUT2D eigenvalue weighted by Gasteiger charge is 2.43. The molecule has 1 heterocycles. The van der Waals surface area contributed by atoms with Gasteiger partial charge in [-0.15, -0.1) is 13.2 Å². The summed E-state index contributed by atoms with van der Waals surface area (Å²) >= 11 is 0. The van der Waals surface area contributed by atoms with Gasteiger partial charge in [0.25, 0.3) is 0 Å². The summed E-state index contributed by atoms with van der Waals surface area (Å²) in [5.41, 5.74) is -0.198. The summed E-state index contributed by atoms with van der Waals surface area (Å²) in [5.74, 6) is -3.55. The number of amides is 3. The van der Waals surface area contributed by atoms with E-state index < -0.39 is 54.7 Å². The first kappa shape index (κ1) is 26.0. The molecule has 1 saturated heterocycles. The predicted octanol–water partition coefficient (Wildman–Crippen LogP) is 0.549. The van der Waals surface area contributed by atoms with Crippen molar-refractivity contribution < 1.29 is 42.2 Å². The Hall–Kier alpha value is -2.21. The van der Waals surface area contributed by atoms with Crippen LogP contribution in [0.3, 0.4) is 0 Å². The van der Waals surface area contributed by atoms with E-state index in [2.05, 4.69) is 20.7 Å². The van der Waals surface area contributed by atoms with Gasteiger partial charge < -0.3 is 21.1 Å². The Balaban J connectivity index is 2.12. The van der Waals surface area contributed by atoms with Gasteiger partial charge in [0, 0.05) is 12.5 Å². The lowest BCUT2D eigenvalue weighted by atomic mass is 9.94. The van der Waals surface area contributed by atoms with Crippen molar-refractivity contribution in [1.29, 1.82) is 0 Å². The van der Waals surface area contributed by atoms with E-state index in [1.54, 1.807) is 6.92 Å². The van der Waals surface area contributed by atoms with Gasteiger partial charge in [0.1, 0.15) is 18.8 Å². The zero-order chi connectivity index (χ0) is 24.1. The second-order valence-corrected chi connectivity index (χ2v) is 8.77. The Morgan fingerprint density at radius 2 is 1.84 bits per heavy atom. The van der Waals surface area contributed by atoms with Crippen molar-refractivity contribution in [2.45, 2.75) is 76.9 Å². The Kier molecular flexibility index (Phi) is 8.63. The molecule has 3 amide bonds. The van der Waals surface area contributed by atoms with Crippen LogP contribution in [0.1, 0.15) is 52.4 Å². The fraction of sp³-hybridized carbons (Fsp3) is 0.800. The smallest absolute Gasteiger partial charge is 0.383 e. The lowest BCUT2D eigenvalue weighted by Crippen LogP contribution is -2.54. The minimum Gasteiger partial charge on any atom is -0.383 e. The third kappa shape index (κ3) is 8.05. The average molecular weight is 465 g/mol. The van der Waals surface area contributed by atoms with Gasteiger partial charge in [0.05, 0.1) is 6.04 Å². The van der Waals surface area contributed by atoms with Crippen LogP contribution in [0, 0.1) is 11.3 Å². The molecular weight excluding hydrogens is 435 g/mol. The van der Waals surface area contributed by atoms with Crippen LogP contribution in [0.5, 0.6) is 0 Å². The molecule has 0 radical (unpaired) electrons. The van der Waals surface area contributed by atoms with Crippen molar-refractivity contribution in [2.24, 2.45) is 11.3 Å². The second kappa shape index (κ2) is 10.6. The molecule has 2 fully saturated rings. The van der Waals surface area contributed by atoms with Gasteiger partial charge in [-0.2, -0.15) is 0 Å². The number of ether oxygens (including phenoxy) is 1. The van der Waals surface area contributed by atoms with E-state index in [-0.39, 0.29) is 30.6 Å². The SMILES string of the molecule is CC[C@@H](O)C(=O)NC(CC1(C)CC1)C(=O)N[C@@H](C[C@@H]1CCNC1=O)C(=O)COC(F)(F)F. The van der Waals surface area contributed by atoms with E-state index >= 15 is 0 Å². The van der Waals surface area contributed by atoms with Gasteiger partial charge in [0.2, 0.25) is 17.7 Å². The molecular formula is C20H30F3N3O6. The predicted molar refractivity (Wildman–Crippen MR) is 105 cm³/mol. The molecule has 0 aromatic rings. The molecule has 1 saturated carbocycles. The maximum atomic E-state index is 12.9. The lowest BCUT2D eigenvalue weighted by Gasteiger charge is -2.26. The first-order valence-corrected chi connectivity index (χ1v) is 10.6. The van der Waals surface area contributed by atoms with E-state index in [0.29, 0.717) is 13.0 Å². The Bertz CT molecular complexity index is 726. The molecule has 1 aliphatic heterocycles. The first-order valence-electron chi connectivity index (χ1n) is 10.6. The summed E-state index contributed by atoms with van der Waals surface area (Å²) < 4.78 is 40.8. The van der Waals surface area contributed by atoms with Crippen LogP contribution in [-0.2, 0) is 23.9 Å². The fourth-order valence-electron chi connectivity index (χ4n) is 3.52. The molecule has 0 bridgehead atoms. The number of aliphatic hydroxyl groups is 1. The van der Waals surface area contributed by atoms with Gasteiger partial charge in [-0.25, -0.2) is 0 Å². The summed E-state index contributed by atoms with van der Waals surface area (Å²) in [6.07, 6.45) is -4.14. The van der Waals surface area contributed by atoms with Crippen LogP contribution in [0.2, 0.25) is 0 Å². The highest BCUT2D eigenvalue weighted by molar-refractivity contribution is 5.94. The molecule has 2 rings (SSSR count). The molecule has 182 valence electrons.